The molecule has 0 N–H and O–H groups in total. The molecule has 0 saturated carbocycles. The third kappa shape index (κ3) is 12.6. The normalized spacial score (nSPS) is 11.6. The Balaban J connectivity index is 3.64. The van der Waals surface area contributed by atoms with Gasteiger partial charge < -0.3 is 4.12 Å². The topological polar surface area (TPSA) is 9.23 Å². The molecule has 0 fully saturated rings. The second-order valence-corrected chi connectivity index (χ2v) is 11.1. The Bertz CT molecular complexity index is 139. The van der Waals surface area contributed by atoms with E-state index in [1.54, 1.807) is 0 Å². The number of hydrogen-bond acceptors (Lipinski definition) is 1. The molecule has 0 unspecified atom stereocenters. The highest BCUT2D eigenvalue weighted by molar-refractivity contribution is 6.64. The van der Waals surface area contributed by atoms with Crippen molar-refractivity contribution in [1.82, 2.24) is 0 Å². The maximum absolute atomic E-state index is 6.29. The highest BCUT2D eigenvalue weighted by Crippen LogP contribution is 2.15. The lowest BCUT2D eigenvalue weighted by Gasteiger charge is -2.19. The van der Waals surface area contributed by atoms with E-state index in [-0.39, 0.29) is 0 Å². The van der Waals surface area contributed by atoms with Gasteiger partial charge in [-0.15, -0.1) is 0 Å². The molecule has 3 heteroatoms. The van der Waals surface area contributed by atoms with Crippen molar-refractivity contribution in [2.45, 2.75) is 90.4 Å². The zero-order chi connectivity index (χ0) is 12.9. The van der Waals surface area contributed by atoms with Crippen molar-refractivity contribution in [3.8, 4) is 0 Å². The van der Waals surface area contributed by atoms with Gasteiger partial charge in [-0.2, -0.15) is 0 Å². The van der Waals surface area contributed by atoms with E-state index in [1.165, 1.54) is 63.5 Å². The van der Waals surface area contributed by atoms with Crippen LogP contribution in [0.4, 0.5) is 0 Å². The van der Waals surface area contributed by atoms with Crippen LogP contribution < -0.4 is 0 Å². The second kappa shape index (κ2) is 12.8. The van der Waals surface area contributed by atoms with Crippen LogP contribution in [-0.2, 0) is 4.12 Å². The lowest BCUT2D eigenvalue weighted by Crippen LogP contribution is -2.24. The Kier molecular flexibility index (Phi) is 13.1. The zero-order valence-corrected chi connectivity index (χ0v) is 14.9. The molecular weight excluding hydrogens is 240 g/mol. The van der Waals surface area contributed by atoms with Crippen molar-refractivity contribution in [3.63, 3.8) is 0 Å². The summed E-state index contributed by atoms with van der Waals surface area (Å²) in [4.78, 5) is 0. The van der Waals surface area contributed by atoms with Gasteiger partial charge in [0, 0.05) is 0 Å². The van der Waals surface area contributed by atoms with E-state index in [0.717, 1.165) is 0 Å². The van der Waals surface area contributed by atoms with Crippen LogP contribution in [0.2, 0.25) is 25.2 Å². The fourth-order valence-corrected chi connectivity index (χ4v) is 8.21. The summed E-state index contributed by atoms with van der Waals surface area (Å²) in [6.45, 7) is 9.24. The molecule has 0 heterocycles. The first-order valence-electron chi connectivity index (χ1n) is 7.86. The summed E-state index contributed by atoms with van der Waals surface area (Å²) in [6, 6.07) is 2.88. The maximum atomic E-state index is 6.29. The summed E-state index contributed by atoms with van der Waals surface area (Å²) < 4.78 is 6.29. The predicted molar refractivity (Wildman–Crippen MR) is 85.0 cm³/mol. The van der Waals surface area contributed by atoms with E-state index in [4.69, 9.17) is 4.12 Å². The van der Waals surface area contributed by atoms with Crippen molar-refractivity contribution in [2.24, 2.45) is 0 Å². The summed E-state index contributed by atoms with van der Waals surface area (Å²) in [7, 11) is -1.60. The van der Waals surface area contributed by atoms with Gasteiger partial charge in [0.05, 0.1) is 0 Å². The average Bonchev–Trinajstić information content (AvgIpc) is 2.29. The minimum absolute atomic E-state index is 0.784. The number of hydrogen-bond donors (Lipinski definition) is 0. The maximum Gasteiger partial charge on any atom is 0.162 e. The molecule has 0 saturated heterocycles. The molecule has 0 bridgehead atoms. The Labute approximate surface area is 113 Å². The fraction of sp³-hybridized carbons (Fsp3) is 1.00. The minimum Gasteiger partial charge on any atom is -0.460 e. The third-order valence-electron chi connectivity index (χ3n) is 3.22. The van der Waals surface area contributed by atoms with E-state index in [1.807, 2.05) is 0 Å². The van der Waals surface area contributed by atoms with Crippen molar-refractivity contribution in [2.75, 3.05) is 0 Å². The first-order valence-corrected chi connectivity index (χ1v) is 12.7. The molecule has 0 aromatic rings. The van der Waals surface area contributed by atoms with Gasteiger partial charge in [-0.3, -0.25) is 0 Å². The smallest absolute Gasteiger partial charge is 0.162 e. The van der Waals surface area contributed by atoms with Gasteiger partial charge in [-0.05, 0) is 25.2 Å². The average molecular weight is 275 g/mol. The van der Waals surface area contributed by atoms with Crippen molar-refractivity contribution >= 4 is 18.1 Å². The molecule has 0 aliphatic rings. The van der Waals surface area contributed by atoms with E-state index in [2.05, 4.69) is 26.9 Å². The Morgan fingerprint density at radius 1 is 0.706 bits per heavy atom. The van der Waals surface area contributed by atoms with E-state index in [9.17, 15) is 0 Å². The molecule has 0 spiro atoms. The first kappa shape index (κ1) is 17.4. The Morgan fingerprint density at radius 3 is 1.53 bits per heavy atom. The van der Waals surface area contributed by atoms with Crippen LogP contribution in [0.25, 0.3) is 0 Å². The SMILES string of the molecule is CCCCCC[SiH](CCCCCC)O[SiH](C)C. The van der Waals surface area contributed by atoms with Crippen LogP contribution in [0.15, 0.2) is 0 Å². The summed E-state index contributed by atoms with van der Waals surface area (Å²) >= 11 is 0. The van der Waals surface area contributed by atoms with Crippen LogP contribution in [-0.4, -0.2) is 18.1 Å². The molecule has 0 aromatic heterocycles. The standard InChI is InChI=1S/C14H34OSi2/c1-5-7-9-11-13-17(15-16(3)4)14-12-10-8-6-2/h16-17H,5-14H2,1-4H3. The number of unbranched alkanes of at least 4 members (excludes halogenated alkanes) is 6. The van der Waals surface area contributed by atoms with E-state index in [0.29, 0.717) is 0 Å². The lowest BCUT2D eigenvalue weighted by atomic mass is 10.2. The van der Waals surface area contributed by atoms with Gasteiger partial charge in [0.15, 0.2) is 18.1 Å². The van der Waals surface area contributed by atoms with Crippen molar-refractivity contribution in [1.29, 1.82) is 0 Å². The first-order chi connectivity index (χ1) is 8.20. The van der Waals surface area contributed by atoms with Gasteiger partial charge >= 0.3 is 0 Å². The highest BCUT2D eigenvalue weighted by Gasteiger charge is 2.13. The van der Waals surface area contributed by atoms with Gasteiger partial charge in [0.25, 0.3) is 0 Å². The highest BCUT2D eigenvalue weighted by atomic mass is 28.4. The third-order valence-corrected chi connectivity index (χ3v) is 9.05. The Morgan fingerprint density at radius 2 is 1.18 bits per heavy atom. The molecule has 0 aromatic carbocycles. The summed E-state index contributed by atoms with van der Waals surface area (Å²) in [5.74, 6) is 0. The molecule has 1 nitrogen and oxygen atoms in total. The van der Waals surface area contributed by atoms with Crippen LogP contribution in [0.3, 0.4) is 0 Å². The molecule has 0 rings (SSSR count). The molecule has 0 aliphatic carbocycles. The van der Waals surface area contributed by atoms with Crippen molar-refractivity contribution in [3.05, 3.63) is 0 Å². The van der Waals surface area contributed by atoms with Crippen LogP contribution in [0.5, 0.6) is 0 Å². The summed E-state index contributed by atoms with van der Waals surface area (Å²) in [5, 5.41) is 0. The monoisotopic (exact) mass is 274 g/mol. The van der Waals surface area contributed by atoms with Gasteiger partial charge in [-0.25, -0.2) is 0 Å². The molecule has 104 valence electrons. The van der Waals surface area contributed by atoms with Gasteiger partial charge in [-0.1, -0.05) is 65.2 Å². The van der Waals surface area contributed by atoms with Gasteiger partial charge in [0.2, 0.25) is 0 Å². The minimum atomic E-state index is -0.815. The second-order valence-electron chi connectivity index (χ2n) is 5.51. The number of rotatable bonds is 12. The molecule has 0 amide bonds. The Hall–Kier alpha value is 0.394. The summed E-state index contributed by atoms with van der Waals surface area (Å²) in [6.07, 6.45) is 11.2. The van der Waals surface area contributed by atoms with Crippen molar-refractivity contribution < 1.29 is 4.12 Å². The predicted octanol–water partition coefficient (Wildman–Crippen LogP) is 4.87. The lowest BCUT2D eigenvalue weighted by molar-refractivity contribution is 0.565. The largest absolute Gasteiger partial charge is 0.460 e. The molecule has 0 atom stereocenters. The fourth-order valence-electron chi connectivity index (χ4n) is 2.26. The zero-order valence-electron chi connectivity index (χ0n) is 12.6. The molecular formula is C14H34OSi2. The molecule has 0 radical (unpaired) electrons. The molecule has 0 aliphatic heterocycles. The van der Waals surface area contributed by atoms with E-state index >= 15 is 0 Å². The van der Waals surface area contributed by atoms with Crippen LogP contribution in [0.1, 0.15) is 65.2 Å². The van der Waals surface area contributed by atoms with Crippen LogP contribution >= 0.6 is 0 Å². The quantitative estimate of drug-likeness (QED) is 0.364. The van der Waals surface area contributed by atoms with Crippen LogP contribution in [0, 0.1) is 0 Å². The summed E-state index contributed by atoms with van der Waals surface area (Å²) in [5.41, 5.74) is 0. The van der Waals surface area contributed by atoms with E-state index < -0.39 is 18.1 Å². The molecule has 17 heavy (non-hydrogen) atoms. The van der Waals surface area contributed by atoms with Gasteiger partial charge in [0.1, 0.15) is 0 Å².